The molecule has 0 saturated heterocycles. The molecular formula is C16H16N4OS2. The SMILES string of the molecule is CCCCSc1nnc(-c2sc3nc4ccccc4n3c2C)o1. The van der Waals surface area contributed by atoms with E-state index in [4.69, 9.17) is 4.42 Å². The molecule has 3 heterocycles. The van der Waals surface area contributed by atoms with E-state index < -0.39 is 0 Å². The number of fused-ring (bicyclic) bond motifs is 3. The van der Waals surface area contributed by atoms with Crippen molar-refractivity contribution in [3.63, 3.8) is 0 Å². The van der Waals surface area contributed by atoms with Crippen molar-refractivity contribution in [1.82, 2.24) is 19.6 Å². The molecule has 4 aromatic rings. The Morgan fingerprint density at radius 1 is 1.26 bits per heavy atom. The van der Waals surface area contributed by atoms with Crippen molar-refractivity contribution in [2.24, 2.45) is 0 Å². The number of hydrogen-bond acceptors (Lipinski definition) is 6. The molecule has 0 aliphatic rings. The normalized spacial score (nSPS) is 11.7. The lowest BCUT2D eigenvalue weighted by Crippen LogP contribution is -1.85. The minimum atomic E-state index is 0.584. The Morgan fingerprint density at radius 2 is 2.13 bits per heavy atom. The van der Waals surface area contributed by atoms with Crippen LogP contribution in [0.15, 0.2) is 33.9 Å². The second-order valence-corrected chi connectivity index (χ2v) is 7.33. The third-order valence-corrected chi connectivity index (χ3v) is 5.75. The highest BCUT2D eigenvalue weighted by Gasteiger charge is 2.19. The van der Waals surface area contributed by atoms with E-state index in [9.17, 15) is 0 Å². The Morgan fingerprint density at radius 3 is 3.00 bits per heavy atom. The first-order valence-electron chi connectivity index (χ1n) is 7.61. The minimum Gasteiger partial charge on any atom is -0.410 e. The number of nitrogens with zero attached hydrogens (tertiary/aromatic N) is 4. The molecule has 7 heteroatoms. The summed E-state index contributed by atoms with van der Waals surface area (Å²) in [6.07, 6.45) is 2.32. The zero-order valence-corrected chi connectivity index (χ0v) is 14.6. The molecule has 1 aromatic carbocycles. The molecule has 4 rings (SSSR count). The maximum absolute atomic E-state index is 5.82. The first-order chi connectivity index (χ1) is 11.3. The van der Waals surface area contributed by atoms with Gasteiger partial charge in [-0.2, -0.15) is 0 Å². The monoisotopic (exact) mass is 344 g/mol. The summed E-state index contributed by atoms with van der Waals surface area (Å²) in [6.45, 7) is 4.25. The second-order valence-electron chi connectivity index (χ2n) is 5.31. The van der Waals surface area contributed by atoms with Gasteiger partial charge >= 0.3 is 0 Å². The second kappa shape index (κ2) is 5.98. The van der Waals surface area contributed by atoms with Crippen LogP contribution in [0.3, 0.4) is 0 Å². The fraction of sp³-hybridized carbons (Fsp3) is 0.312. The summed E-state index contributed by atoms with van der Waals surface area (Å²) in [5, 5.41) is 9.00. The average Bonchev–Trinajstić information content (AvgIpc) is 3.22. The first-order valence-corrected chi connectivity index (χ1v) is 9.41. The van der Waals surface area contributed by atoms with E-state index in [-0.39, 0.29) is 0 Å². The van der Waals surface area contributed by atoms with E-state index in [2.05, 4.69) is 39.5 Å². The smallest absolute Gasteiger partial charge is 0.276 e. The highest BCUT2D eigenvalue weighted by Crippen LogP contribution is 2.35. The predicted molar refractivity (Wildman–Crippen MR) is 94.2 cm³/mol. The van der Waals surface area contributed by atoms with Crippen molar-refractivity contribution in [3.05, 3.63) is 30.0 Å². The van der Waals surface area contributed by atoms with Gasteiger partial charge in [-0.05, 0) is 25.5 Å². The summed E-state index contributed by atoms with van der Waals surface area (Å²) in [6, 6.07) is 8.15. The van der Waals surface area contributed by atoms with E-state index in [0.717, 1.165) is 38.7 Å². The summed E-state index contributed by atoms with van der Waals surface area (Å²) in [7, 11) is 0. The van der Waals surface area contributed by atoms with Crippen LogP contribution in [0.2, 0.25) is 0 Å². The van der Waals surface area contributed by atoms with E-state index in [1.807, 2.05) is 18.2 Å². The molecule has 118 valence electrons. The van der Waals surface area contributed by atoms with E-state index in [0.29, 0.717) is 11.1 Å². The summed E-state index contributed by atoms with van der Waals surface area (Å²) >= 11 is 3.21. The molecule has 0 unspecified atom stereocenters. The van der Waals surface area contributed by atoms with Gasteiger partial charge in [-0.25, -0.2) is 4.98 Å². The van der Waals surface area contributed by atoms with Gasteiger partial charge in [-0.15, -0.1) is 10.2 Å². The van der Waals surface area contributed by atoms with Crippen LogP contribution in [0.4, 0.5) is 0 Å². The molecule has 0 fully saturated rings. The molecule has 0 aliphatic heterocycles. The van der Waals surface area contributed by atoms with Gasteiger partial charge in [0.2, 0.25) is 0 Å². The zero-order chi connectivity index (χ0) is 15.8. The highest BCUT2D eigenvalue weighted by atomic mass is 32.2. The quantitative estimate of drug-likeness (QED) is 0.384. The van der Waals surface area contributed by atoms with Crippen LogP contribution in [0.25, 0.3) is 26.8 Å². The number of thioether (sulfide) groups is 1. The Hall–Kier alpha value is -1.86. The lowest BCUT2D eigenvalue weighted by molar-refractivity contribution is 0.466. The molecule has 0 bridgehead atoms. The number of hydrogen-bond donors (Lipinski definition) is 0. The Bertz CT molecular complexity index is 969. The van der Waals surface area contributed by atoms with Gasteiger partial charge in [0, 0.05) is 11.4 Å². The number of aromatic nitrogens is 4. The van der Waals surface area contributed by atoms with Crippen LogP contribution in [-0.2, 0) is 0 Å². The van der Waals surface area contributed by atoms with Crippen molar-refractivity contribution in [3.8, 4) is 10.8 Å². The van der Waals surface area contributed by atoms with Crippen LogP contribution >= 0.6 is 23.1 Å². The fourth-order valence-electron chi connectivity index (χ4n) is 2.53. The van der Waals surface area contributed by atoms with Crippen molar-refractivity contribution in [2.75, 3.05) is 5.75 Å². The predicted octanol–water partition coefficient (Wildman–Crippen LogP) is 4.80. The fourth-order valence-corrected chi connectivity index (χ4v) is 4.43. The summed E-state index contributed by atoms with van der Waals surface area (Å²) < 4.78 is 7.97. The maximum atomic E-state index is 5.82. The highest BCUT2D eigenvalue weighted by molar-refractivity contribution is 7.99. The number of unbranched alkanes of at least 4 members (excludes halogenated alkanes) is 1. The molecule has 0 atom stereocenters. The van der Waals surface area contributed by atoms with Gasteiger partial charge in [0.25, 0.3) is 11.1 Å². The largest absolute Gasteiger partial charge is 0.410 e. The minimum absolute atomic E-state index is 0.584. The van der Waals surface area contributed by atoms with Gasteiger partial charge < -0.3 is 4.42 Å². The number of para-hydroxylation sites is 2. The van der Waals surface area contributed by atoms with E-state index >= 15 is 0 Å². The van der Waals surface area contributed by atoms with Crippen molar-refractivity contribution in [1.29, 1.82) is 0 Å². The summed E-state index contributed by atoms with van der Waals surface area (Å²) in [5.41, 5.74) is 3.21. The molecule has 0 N–H and O–H groups in total. The lowest BCUT2D eigenvalue weighted by atomic mass is 10.3. The summed E-state index contributed by atoms with van der Waals surface area (Å²) in [4.78, 5) is 6.63. The molecule has 0 radical (unpaired) electrons. The number of aryl methyl sites for hydroxylation is 1. The van der Waals surface area contributed by atoms with Crippen LogP contribution in [0, 0.1) is 6.92 Å². The van der Waals surface area contributed by atoms with Crippen molar-refractivity contribution < 1.29 is 4.42 Å². The number of thiazole rings is 1. The molecule has 23 heavy (non-hydrogen) atoms. The zero-order valence-electron chi connectivity index (χ0n) is 12.9. The number of benzene rings is 1. The number of imidazole rings is 1. The molecule has 0 amide bonds. The molecule has 3 aromatic heterocycles. The molecule has 5 nitrogen and oxygen atoms in total. The third-order valence-electron chi connectivity index (χ3n) is 3.71. The van der Waals surface area contributed by atoms with Crippen LogP contribution in [0.5, 0.6) is 0 Å². The average molecular weight is 344 g/mol. The van der Waals surface area contributed by atoms with Gasteiger partial charge in [0.05, 0.1) is 11.0 Å². The molecule has 0 saturated carbocycles. The van der Waals surface area contributed by atoms with Crippen molar-refractivity contribution in [2.45, 2.75) is 31.9 Å². The maximum Gasteiger partial charge on any atom is 0.276 e. The Kier molecular flexibility index (Phi) is 3.82. The number of rotatable bonds is 5. The van der Waals surface area contributed by atoms with Gasteiger partial charge in [-0.3, -0.25) is 4.40 Å². The van der Waals surface area contributed by atoms with Crippen LogP contribution in [-0.4, -0.2) is 25.3 Å². The molecule has 0 spiro atoms. The van der Waals surface area contributed by atoms with Gasteiger partial charge in [0.15, 0.2) is 4.96 Å². The third kappa shape index (κ3) is 2.53. The Labute approximate surface area is 141 Å². The van der Waals surface area contributed by atoms with Gasteiger partial charge in [0.1, 0.15) is 4.88 Å². The van der Waals surface area contributed by atoms with Gasteiger partial charge in [-0.1, -0.05) is 48.6 Å². The van der Waals surface area contributed by atoms with Crippen LogP contribution in [0.1, 0.15) is 25.5 Å². The van der Waals surface area contributed by atoms with Crippen LogP contribution < -0.4 is 0 Å². The standard InChI is InChI=1S/C16H16N4OS2/c1-3-4-9-22-16-19-18-14(21-16)13-10(2)20-12-8-6-5-7-11(12)17-15(20)23-13/h5-8H,3-4,9H2,1-2H3. The summed E-state index contributed by atoms with van der Waals surface area (Å²) in [5.74, 6) is 1.59. The molecular weight excluding hydrogens is 328 g/mol. The molecule has 0 aliphatic carbocycles. The van der Waals surface area contributed by atoms with E-state index in [1.165, 1.54) is 6.42 Å². The van der Waals surface area contributed by atoms with E-state index in [1.54, 1.807) is 23.1 Å². The lowest BCUT2D eigenvalue weighted by Gasteiger charge is -1.96. The first kappa shape index (κ1) is 14.7. The Balaban J connectivity index is 1.73. The van der Waals surface area contributed by atoms with Crippen molar-refractivity contribution >= 4 is 39.1 Å². The topological polar surface area (TPSA) is 56.2 Å².